The fourth-order valence-electron chi connectivity index (χ4n) is 1.96. The number of aliphatic hydroxyl groups is 1. The molecule has 2 aromatic carbocycles. The van der Waals surface area contributed by atoms with Gasteiger partial charge in [0.15, 0.2) is 5.16 Å². The van der Waals surface area contributed by atoms with E-state index in [9.17, 15) is 0 Å². The van der Waals surface area contributed by atoms with Gasteiger partial charge in [-0.1, -0.05) is 36.0 Å². The molecule has 0 amide bonds. The molecule has 0 fully saturated rings. The van der Waals surface area contributed by atoms with E-state index in [0.717, 1.165) is 33.2 Å². The average Bonchev–Trinajstić information content (AvgIpc) is 2.87. The Morgan fingerprint density at radius 1 is 1.10 bits per heavy atom. The number of rotatable bonds is 4. The fraction of sp³-hybridized carbons (Fsp3) is 0.133. The van der Waals surface area contributed by atoms with Crippen LogP contribution in [0.2, 0.25) is 0 Å². The lowest BCUT2D eigenvalue weighted by molar-refractivity contribution is 0.282. The Balaban J connectivity index is 1.72. The summed E-state index contributed by atoms with van der Waals surface area (Å²) in [6, 6.07) is 13.6. The van der Waals surface area contributed by atoms with Gasteiger partial charge in [0.1, 0.15) is 0 Å². The minimum Gasteiger partial charge on any atom is -0.399 e. The van der Waals surface area contributed by atoms with Gasteiger partial charge < -0.3 is 15.8 Å². The number of nitrogens with one attached hydrogen (secondary N) is 1. The monoisotopic (exact) mass is 285 g/mol. The Labute approximate surface area is 121 Å². The van der Waals surface area contributed by atoms with Gasteiger partial charge in [-0.15, -0.1) is 0 Å². The molecule has 20 heavy (non-hydrogen) atoms. The van der Waals surface area contributed by atoms with Crippen molar-refractivity contribution in [3.8, 4) is 0 Å². The second-order valence-corrected chi connectivity index (χ2v) is 5.55. The first kappa shape index (κ1) is 13.0. The van der Waals surface area contributed by atoms with E-state index in [2.05, 4.69) is 9.97 Å². The van der Waals surface area contributed by atoms with E-state index in [1.54, 1.807) is 11.8 Å². The van der Waals surface area contributed by atoms with Crippen LogP contribution in [0, 0.1) is 0 Å². The predicted molar refractivity (Wildman–Crippen MR) is 82.4 cm³/mol. The summed E-state index contributed by atoms with van der Waals surface area (Å²) in [6.45, 7) is 0.0818. The first-order valence-electron chi connectivity index (χ1n) is 6.31. The Bertz CT molecular complexity index is 722. The maximum Gasteiger partial charge on any atom is 0.166 e. The average molecular weight is 285 g/mol. The normalized spacial score (nSPS) is 11.1. The molecule has 102 valence electrons. The van der Waals surface area contributed by atoms with E-state index in [0.29, 0.717) is 0 Å². The van der Waals surface area contributed by atoms with Crippen LogP contribution in [0.5, 0.6) is 0 Å². The topological polar surface area (TPSA) is 74.9 Å². The molecule has 3 aromatic rings. The van der Waals surface area contributed by atoms with Crippen LogP contribution in [0.25, 0.3) is 11.0 Å². The highest BCUT2D eigenvalue weighted by Crippen LogP contribution is 2.24. The molecule has 0 spiro atoms. The summed E-state index contributed by atoms with van der Waals surface area (Å²) < 4.78 is 0. The molecule has 0 saturated heterocycles. The minimum absolute atomic E-state index is 0.0818. The molecule has 0 bridgehead atoms. The SMILES string of the molecule is Nc1ccc2nc(SCc3ccc(CO)cc3)[nH]c2c1. The fourth-order valence-corrected chi connectivity index (χ4v) is 2.81. The smallest absolute Gasteiger partial charge is 0.166 e. The van der Waals surface area contributed by atoms with Gasteiger partial charge in [0.2, 0.25) is 0 Å². The van der Waals surface area contributed by atoms with E-state index in [-0.39, 0.29) is 6.61 Å². The Morgan fingerprint density at radius 3 is 2.60 bits per heavy atom. The lowest BCUT2D eigenvalue weighted by Gasteiger charge is -2.00. The number of hydrogen-bond acceptors (Lipinski definition) is 4. The summed E-state index contributed by atoms with van der Waals surface area (Å²) in [5, 5.41) is 9.89. The van der Waals surface area contributed by atoms with Crippen molar-refractivity contribution in [2.45, 2.75) is 17.5 Å². The number of nitrogens with zero attached hydrogens (tertiary/aromatic N) is 1. The zero-order valence-electron chi connectivity index (χ0n) is 10.8. The Kier molecular flexibility index (Phi) is 3.62. The van der Waals surface area contributed by atoms with Crippen molar-refractivity contribution in [1.29, 1.82) is 0 Å². The zero-order valence-corrected chi connectivity index (χ0v) is 11.7. The van der Waals surface area contributed by atoms with Crippen LogP contribution in [0.1, 0.15) is 11.1 Å². The molecule has 0 saturated carbocycles. The molecule has 0 aliphatic carbocycles. The van der Waals surface area contributed by atoms with Crippen molar-refractivity contribution >= 4 is 28.5 Å². The van der Waals surface area contributed by atoms with Gasteiger partial charge in [0, 0.05) is 11.4 Å². The van der Waals surface area contributed by atoms with Crippen molar-refractivity contribution in [2.24, 2.45) is 0 Å². The molecule has 5 heteroatoms. The number of anilines is 1. The molecule has 3 rings (SSSR count). The third kappa shape index (κ3) is 2.79. The number of hydrogen-bond donors (Lipinski definition) is 3. The van der Waals surface area contributed by atoms with E-state index in [1.165, 1.54) is 5.56 Å². The summed E-state index contributed by atoms with van der Waals surface area (Å²) in [4.78, 5) is 7.78. The van der Waals surface area contributed by atoms with Crippen molar-refractivity contribution in [1.82, 2.24) is 9.97 Å². The molecular weight excluding hydrogens is 270 g/mol. The lowest BCUT2D eigenvalue weighted by Crippen LogP contribution is -1.85. The number of fused-ring (bicyclic) bond motifs is 1. The first-order chi connectivity index (χ1) is 9.74. The van der Waals surface area contributed by atoms with Gasteiger partial charge in [0.05, 0.1) is 17.6 Å². The highest BCUT2D eigenvalue weighted by atomic mass is 32.2. The molecule has 0 aliphatic heterocycles. The number of aromatic nitrogens is 2. The molecule has 4 N–H and O–H groups in total. The largest absolute Gasteiger partial charge is 0.399 e. The van der Waals surface area contributed by atoms with Crippen LogP contribution < -0.4 is 5.73 Å². The lowest BCUT2D eigenvalue weighted by atomic mass is 10.2. The number of nitrogen functional groups attached to an aromatic ring is 1. The number of aliphatic hydroxyl groups excluding tert-OH is 1. The van der Waals surface area contributed by atoms with Crippen LogP contribution in [0.3, 0.4) is 0 Å². The van der Waals surface area contributed by atoms with Crippen molar-refractivity contribution in [3.63, 3.8) is 0 Å². The molecule has 1 aromatic heterocycles. The van der Waals surface area contributed by atoms with Gasteiger partial charge in [-0.3, -0.25) is 0 Å². The number of H-pyrrole nitrogens is 1. The van der Waals surface area contributed by atoms with Gasteiger partial charge in [0.25, 0.3) is 0 Å². The quantitative estimate of drug-likeness (QED) is 0.509. The summed E-state index contributed by atoms with van der Waals surface area (Å²) in [7, 11) is 0. The van der Waals surface area contributed by atoms with Crippen LogP contribution in [-0.2, 0) is 12.4 Å². The summed E-state index contributed by atoms with van der Waals surface area (Å²) >= 11 is 1.65. The summed E-state index contributed by atoms with van der Waals surface area (Å²) in [5.41, 5.74) is 10.5. The van der Waals surface area contributed by atoms with Crippen LogP contribution in [-0.4, -0.2) is 15.1 Å². The van der Waals surface area contributed by atoms with Crippen molar-refractivity contribution in [2.75, 3.05) is 5.73 Å². The van der Waals surface area contributed by atoms with Crippen LogP contribution in [0.15, 0.2) is 47.6 Å². The number of nitrogens with two attached hydrogens (primary N) is 1. The first-order valence-corrected chi connectivity index (χ1v) is 7.30. The molecule has 0 aliphatic rings. The molecular formula is C15H15N3OS. The third-order valence-corrected chi connectivity index (χ3v) is 4.01. The Morgan fingerprint density at radius 2 is 1.85 bits per heavy atom. The third-order valence-electron chi connectivity index (χ3n) is 3.07. The van der Waals surface area contributed by atoms with Gasteiger partial charge in [-0.2, -0.15) is 0 Å². The highest BCUT2D eigenvalue weighted by Gasteiger charge is 2.04. The zero-order chi connectivity index (χ0) is 13.9. The molecule has 0 radical (unpaired) electrons. The van der Waals surface area contributed by atoms with Gasteiger partial charge >= 0.3 is 0 Å². The number of imidazole rings is 1. The molecule has 0 unspecified atom stereocenters. The molecule has 1 heterocycles. The van der Waals surface area contributed by atoms with E-state index < -0.39 is 0 Å². The van der Waals surface area contributed by atoms with Crippen molar-refractivity contribution in [3.05, 3.63) is 53.6 Å². The van der Waals surface area contributed by atoms with E-state index in [4.69, 9.17) is 10.8 Å². The second kappa shape index (κ2) is 5.56. The van der Waals surface area contributed by atoms with Gasteiger partial charge in [-0.05, 0) is 29.3 Å². The predicted octanol–water partition coefficient (Wildman–Crippen LogP) is 2.93. The number of benzene rings is 2. The van der Waals surface area contributed by atoms with E-state index >= 15 is 0 Å². The number of aromatic amines is 1. The van der Waals surface area contributed by atoms with Crippen molar-refractivity contribution < 1.29 is 5.11 Å². The standard InChI is InChI=1S/C15H15N3OS/c16-12-5-6-13-14(7-12)18-15(17-13)20-9-11-3-1-10(8-19)2-4-11/h1-7,19H,8-9,16H2,(H,17,18). The maximum atomic E-state index is 9.01. The minimum atomic E-state index is 0.0818. The highest BCUT2D eigenvalue weighted by molar-refractivity contribution is 7.98. The Hall–Kier alpha value is -1.98. The maximum absolute atomic E-state index is 9.01. The summed E-state index contributed by atoms with van der Waals surface area (Å²) in [6.07, 6.45) is 0. The van der Waals surface area contributed by atoms with Crippen LogP contribution >= 0.6 is 11.8 Å². The summed E-state index contributed by atoms with van der Waals surface area (Å²) in [5.74, 6) is 0.834. The van der Waals surface area contributed by atoms with E-state index in [1.807, 2.05) is 42.5 Å². The van der Waals surface area contributed by atoms with Gasteiger partial charge in [-0.25, -0.2) is 4.98 Å². The molecule has 4 nitrogen and oxygen atoms in total. The molecule has 0 atom stereocenters. The second-order valence-electron chi connectivity index (χ2n) is 4.58. The number of thioether (sulfide) groups is 1. The van der Waals surface area contributed by atoms with Crippen LogP contribution in [0.4, 0.5) is 5.69 Å².